The van der Waals surface area contributed by atoms with Crippen LogP contribution in [0.15, 0.2) is 72.8 Å². The van der Waals surface area contributed by atoms with Crippen molar-refractivity contribution in [3.05, 3.63) is 100 Å². The van der Waals surface area contributed by atoms with E-state index in [1.165, 1.54) is 12.1 Å². The van der Waals surface area contributed by atoms with E-state index < -0.39 is 12.7 Å². The van der Waals surface area contributed by atoms with Crippen LogP contribution < -0.4 is 9.47 Å². The Labute approximate surface area is 261 Å². The second-order valence-corrected chi connectivity index (χ2v) is 11.7. The molecule has 11 heteroatoms. The lowest BCUT2D eigenvalue weighted by Crippen LogP contribution is -2.18. The molecule has 0 aromatic heterocycles. The van der Waals surface area contributed by atoms with Crippen LogP contribution in [0.1, 0.15) is 16.7 Å². The molecular formula is C28H17F6I3O2. The molecule has 0 heterocycles. The number of rotatable bonds is 6. The second kappa shape index (κ2) is 12.0. The van der Waals surface area contributed by atoms with Crippen LogP contribution in [0.5, 0.6) is 11.5 Å². The minimum atomic E-state index is -4.75. The van der Waals surface area contributed by atoms with E-state index in [0.717, 1.165) is 33.4 Å². The molecule has 0 atom stereocenters. The van der Waals surface area contributed by atoms with Gasteiger partial charge in [0.1, 0.15) is 11.5 Å². The third-order valence-electron chi connectivity index (χ3n) is 5.77. The van der Waals surface area contributed by atoms with Gasteiger partial charge in [-0.15, -0.1) is 26.3 Å². The Morgan fingerprint density at radius 1 is 0.538 bits per heavy atom. The fourth-order valence-corrected chi connectivity index (χ4v) is 6.02. The molecule has 0 N–H and O–H groups in total. The van der Waals surface area contributed by atoms with E-state index in [-0.39, 0.29) is 11.5 Å². The van der Waals surface area contributed by atoms with Gasteiger partial charge in [-0.05, 0) is 139 Å². The van der Waals surface area contributed by atoms with Crippen molar-refractivity contribution in [3.8, 4) is 33.8 Å². The van der Waals surface area contributed by atoms with E-state index in [4.69, 9.17) is 0 Å². The van der Waals surface area contributed by atoms with E-state index in [1.807, 2.05) is 116 Å². The summed E-state index contributed by atoms with van der Waals surface area (Å²) in [4.78, 5) is 0. The summed E-state index contributed by atoms with van der Waals surface area (Å²) in [6.45, 7) is 1.59. The molecule has 0 amide bonds. The Hall–Kier alpha value is -1.75. The van der Waals surface area contributed by atoms with Gasteiger partial charge in [-0.2, -0.15) is 0 Å². The van der Waals surface area contributed by atoms with Gasteiger partial charge in [0.05, 0.1) is 3.57 Å². The first-order valence-electron chi connectivity index (χ1n) is 11.2. The molecule has 0 unspecified atom stereocenters. The van der Waals surface area contributed by atoms with Crippen molar-refractivity contribution in [3.63, 3.8) is 0 Å². The van der Waals surface area contributed by atoms with Gasteiger partial charge < -0.3 is 9.47 Å². The van der Waals surface area contributed by atoms with E-state index in [1.54, 1.807) is 19.1 Å². The van der Waals surface area contributed by atoms with Crippen molar-refractivity contribution in [2.45, 2.75) is 26.1 Å². The monoisotopic (exact) mass is 880 g/mol. The zero-order valence-electron chi connectivity index (χ0n) is 19.9. The highest BCUT2D eigenvalue weighted by molar-refractivity contribution is 14.1. The SMILES string of the molecule is Cc1c(OC(F)(F)F)ccc(-c2ccc(Cc3ccc(-c4ccc(OC(F)(F)F)c(I)c4I)cc3)cc2)c1I. The summed E-state index contributed by atoms with van der Waals surface area (Å²) in [5.74, 6) is -0.447. The predicted molar refractivity (Wildman–Crippen MR) is 163 cm³/mol. The molecule has 0 aliphatic heterocycles. The summed E-state index contributed by atoms with van der Waals surface area (Å²) in [6.07, 6.45) is -8.84. The maximum Gasteiger partial charge on any atom is 0.573 e. The Balaban J connectivity index is 1.48. The molecule has 0 fully saturated rings. The molecular weight excluding hydrogens is 863 g/mol. The lowest BCUT2D eigenvalue weighted by atomic mass is 9.98. The lowest BCUT2D eigenvalue weighted by molar-refractivity contribution is -0.275. The van der Waals surface area contributed by atoms with E-state index in [2.05, 4.69) is 9.47 Å². The molecule has 0 aliphatic rings. The van der Waals surface area contributed by atoms with Crippen LogP contribution in [0.4, 0.5) is 26.3 Å². The van der Waals surface area contributed by atoms with Gasteiger partial charge in [0.2, 0.25) is 0 Å². The molecule has 4 aromatic rings. The lowest BCUT2D eigenvalue weighted by Gasteiger charge is -2.15. The molecule has 204 valence electrons. The van der Waals surface area contributed by atoms with Crippen molar-refractivity contribution in [2.75, 3.05) is 0 Å². The van der Waals surface area contributed by atoms with Crippen molar-refractivity contribution in [2.24, 2.45) is 0 Å². The summed E-state index contributed by atoms with van der Waals surface area (Å²) in [7, 11) is 0. The van der Waals surface area contributed by atoms with Gasteiger partial charge >= 0.3 is 12.7 Å². The molecule has 0 saturated heterocycles. The first-order valence-corrected chi connectivity index (χ1v) is 14.4. The van der Waals surface area contributed by atoms with Crippen LogP contribution >= 0.6 is 67.8 Å². The highest BCUT2D eigenvalue weighted by Gasteiger charge is 2.33. The summed E-state index contributed by atoms with van der Waals surface area (Å²) >= 11 is 5.90. The quantitative estimate of drug-likeness (QED) is 0.142. The fraction of sp³-hybridized carbons (Fsp3) is 0.143. The second-order valence-electron chi connectivity index (χ2n) is 8.46. The van der Waals surface area contributed by atoms with Crippen LogP contribution in [-0.4, -0.2) is 12.7 Å². The minimum absolute atomic E-state index is 0.217. The highest BCUT2D eigenvalue weighted by Crippen LogP contribution is 2.37. The Bertz CT molecular complexity index is 1370. The number of alkyl halides is 6. The van der Waals surface area contributed by atoms with E-state index >= 15 is 0 Å². The number of benzene rings is 4. The van der Waals surface area contributed by atoms with Crippen LogP contribution in [0.25, 0.3) is 22.3 Å². The third kappa shape index (κ3) is 7.71. The Morgan fingerprint density at radius 3 is 1.41 bits per heavy atom. The molecule has 39 heavy (non-hydrogen) atoms. The third-order valence-corrected chi connectivity index (χ3v) is 10.4. The average Bonchev–Trinajstić information content (AvgIpc) is 2.85. The fourth-order valence-electron chi connectivity index (χ4n) is 3.92. The summed E-state index contributed by atoms with van der Waals surface area (Å²) in [6, 6.07) is 21.5. The van der Waals surface area contributed by atoms with Gasteiger partial charge in [-0.25, -0.2) is 0 Å². The molecule has 0 saturated carbocycles. The van der Waals surface area contributed by atoms with E-state index in [9.17, 15) is 26.3 Å². The zero-order chi connectivity index (χ0) is 28.5. The van der Waals surface area contributed by atoms with Gasteiger partial charge in [-0.1, -0.05) is 48.5 Å². The molecule has 0 spiro atoms. The Morgan fingerprint density at radius 2 is 0.949 bits per heavy atom. The maximum absolute atomic E-state index is 12.6. The molecule has 2 nitrogen and oxygen atoms in total. The van der Waals surface area contributed by atoms with Crippen LogP contribution in [0.3, 0.4) is 0 Å². The highest BCUT2D eigenvalue weighted by atomic mass is 127. The number of hydrogen-bond acceptors (Lipinski definition) is 2. The van der Waals surface area contributed by atoms with Crippen LogP contribution in [-0.2, 0) is 6.42 Å². The molecule has 0 radical (unpaired) electrons. The number of hydrogen-bond donors (Lipinski definition) is 0. The molecule has 0 aliphatic carbocycles. The molecule has 0 bridgehead atoms. The summed E-state index contributed by atoms with van der Waals surface area (Å²) in [5.41, 5.74) is 5.89. The first kappa shape index (κ1) is 30.2. The molecule has 4 rings (SSSR count). The Kier molecular flexibility index (Phi) is 9.30. The van der Waals surface area contributed by atoms with Crippen LogP contribution in [0, 0.1) is 17.6 Å². The van der Waals surface area contributed by atoms with E-state index in [0.29, 0.717) is 22.7 Å². The average molecular weight is 880 g/mol. The smallest absolute Gasteiger partial charge is 0.405 e. The van der Waals surface area contributed by atoms with Crippen molar-refractivity contribution < 1.29 is 35.8 Å². The van der Waals surface area contributed by atoms with Gasteiger partial charge in [0.25, 0.3) is 0 Å². The van der Waals surface area contributed by atoms with Gasteiger partial charge in [0.15, 0.2) is 0 Å². The predicted octanol–water partition coefficient (Wildman–Crippen LogP) is 10.5. The zero-order valence-corrected chi connectivity index (χ0v) is 26.3. The van der Waals surface area contributed by atoms with Gasteiger partial charge in [0, 0.05) is 12.7 Å². The summed E-state index contributed by atoms with van der Waals surface area (Å²) < 4.78 is 85.8. The normalized spacial score (nSPS) is 11.9. The number of halogens is 9. The minimum Gasteiger partial charge on any atom is -0.405 e. The maximum atomic E-state index is 12.6. The van der Waals surface area contributed by atoms with Crippen molar-refractivity contribution in [1.29, 1.82) is 0 Å². The summed E-state index contributed by atoms with van der Waals surface area (Å²) in [5, 5.41) is 0. The largest absolute Gasteiger partial charge is 0.573 e. The molecule has 4 aromatic carbocycles. The number of ether oxygens (including phenoxy) is 2. The first-order chi connectivity index (χ1) is 18.2. The van der Waals surface area contributed by atoms with Crippen LogP contribution in [0.2, 0.25) is 0 Å². The van der Waals surface area contributed by atoms with Gasteiger partial charge in [-0.3, -0.25) is 0 Å². The van der Waals surface area contributed by atoms with Crippen molar-refractivity contribution in [1.82, 2.24) is 0 Å². The standard InChI is InChI=1S/C28H17F6I3O2/c1-15-22(38-27(29,30)31)12-10-20(24(15)35)18-6-2-16(3-7-18)14-17-4-8-19(9-5-17)21-11-13-23(26(37)25(21)36)39-28(32,33)34/h2-13H,14H2,1H3. The topological polar surface area (TPSA) is 18.5 Å². The van der Waals surface area contributed by atoms with Crippen molar-refractivity contribution >= 4 is 67.8 Å².